The van der Waals surface area contributed by atoms with Gasteiger partial charge in [0.15, 0.2) is 0 Å². The maximum absolute atomic E-state index is 14.5. The minimum Gasteiger partial charge on any atom is -0.447 e. The van der Waals surface area contributed by atoms with Crippen LogP contribution >= 0.6 is 0 Å². The Morgan fingerprint density at radius 1 is 1.16 bits per heavy atom. The molecule has 3 heterocycles. The van der Waals surface area contributed by atoms with Gasteiger partial charge in [0.05, 0.1) is 29.9 Å². The molecular weight excluding hydrogens is 407 g/mol. The molecule has 0 saturated carbocycles. The molecule has 3 aromatic heterocycles. The molecule has 0 spiro atoms. The smallest absolute Gasteiger partial charge is 0.411 e. The number of nitrogens with one attached hydrogen (secondary N) is 2. The standard InChI is InChI=1S/C20H17FN6O4/c1-11(2)31-20(29)25-13-8-23-19-26-16(10-27(19)9-13)14-7-12(3-4-15(14)21)24-17(28)18-22-5-6-30-18/h3-11H,1-2H3,(H,24,28)(H,25,29). The number of ether oxygens (including phenoxy) is 1. The maximum atomic E-state index is 14.5. The third-order valence-corrected chi connectivity index (χ3v) is 4.03. The zero-order valence-corrected chi connectivity index (χ0v) is 16.5. The van der Waals surface area contributed by atoms with Crippen LogP contribution in [-0.2, 0) is 4.74 Å². The Morgan fingerprint density at radius 2 is 2.00 bits per heavy atom. The molecule has 0 aliphatic rings. The monoisotopic (exact) mass is 424 g/mol. The van der Waals surface area contributed by atoms with E-state index in [1.165, 1.54) is 41.3 Å². The molecule has 158 valence electrons. The lowest BCUT2D eigenvalue weighted by atomic mass is 10.1. The van der Waals surface area contributed by atoms with Crippen molar-refractivity contribution in [1.82, 2.24) is 19.4 Å². The van der Waals surface area contributed by atoms with Crippen LogP contribution < -0.4 is 10.6 Å². The highest BCUT2D eigenvalue weighted by atomic mass is 19.1. The highest BCUT2D eigenvalue weighted by Crippen LogP contribution is 2.26. The predicted octanol–water partition coefficient (Wildman–Crippen LogP) is 3.73. The predicted molar refractivity (Wildman–Crippen MR) is 108 cm³/mol. The van der Waals surface area contributed by atoms with Gasteiger partial charge in [-0.1, -0.05) is 0 Å². The molecule has 0 saturated heterocycles. The van der Waals surface area contributed by atoms with Crippen molar-refractivity contribution in [3.05, 3.63) is 61.0 Å². The van der Waals surface area contributed by atoms with Gasteiger partial charge in [0.25, 0.3) is 5.89 Å². The van der Waals surface area contributed by atoms with E-state index < -0.39 is 17.8 Å². The minimum absolute atomic E-state index is 0.112. The Kier molecular flexibility index (Phi) is 5.31. The summed E-state index contributed by atoms with van der Waals surface area (Å²) in [5, 5.41) is 5.15. The van der Waals surface area contributed by atoms with E-state index in [-0.39, 0.29) is 17.6 Å². The van der Waals surface area contributed by atoms with Crippen LogP contribution in [0, 0.1) is 5.82 Å². The van der Waals surface area contributed by atoms with E-state index in [0.29, 0.717) is 22.8 Å². The van der Waals surface area contributed by atoms with Gasteiger partial charge in [-0.25, -0.2) is 24.1 Å². The number of imidazole rings is 1. The fourth-order valence-electron chi connectivity index (χ4n) is 2.76. The number of rotatable bonds is 5. The van der Waals surface area contributed by atoms with Gasteiger partial charge < -0.3 is 14.5 Å². The van der Waals surface area contributed by atoms with Gasteiger partial charge >= 0.3 is 12.0 Å². The summed E-state index contributed by atoms with van der Waals surface area (Å²) in [6.45, 7) is 3.47. The Morgan fingerprint density at radius 3 is 2.74 bits per heavy atom. The number of fused-ring (bicyclic) bond motifs is 1. The van der Waals surface area contributed by atoms with E-state index in [9.17, 15) is 14.0 Å². The molecule has 2 amide bonds. The summed E-state index contributed by atoms with van der Waals surface area (Å²) < 4.78 is 26.0. The molecular formula is C20H17FN6O4. The number of amides is 2. The van der Waals surface area contributed by atoms with Crippen molar-refractivity contribution in [3.8, 4) is 11.3 Å². The first-order chi connectivity index (χ1) is 14.9. The summed E-state index contributed by atoms with van der Waals surface area (Å²) in [5.41, 5.74) is 1.17. The number of anilines is 2. The lowest BCUT2D eigenvalue weighted by Crippen LogP contribution is -2.18. The first kappa shape index (κ1) is 20.0. The van der Waals surface area contributed by atoms with Gasteiger partial charge in [-0.2, -0.15) is 0 Å². The van der Waals surface area contributed by atoms with E-state index in [4.69, 9.17) is 9.15 Å². The number of nitrogens with zero attached hydrogens (tertiary/aromatic N) is 4. The van der Waals surface area contributed by atoms with Gasteiger partial charge in [0.1, 0.15) is 12.1 Å². The van der Waals surface area contributed by atoms with Crippen LogP contribution in [0.2, 0.25) is 0 Å². The minimum atomic E-state index is -0.614. The topological polar surface area (TPSA) is 124 Å². The van der Waals surface area contributed by atoms with E-state index in [2.05, 4.69) is 25.6 Å². The van der Waals surface area contributed by atoms with Crippen molar-refractivity contribution in [3.63, 3.8) is 0 Å². The van der Waals surface area contributed by atoms with Crippen LogP contribution in [0.15, 0.2) is 53.7 Å². The fraction of sp³-hybridized carbons (Fsp3) is 0.150. The molecule has 2 N–H and O–H groups in total. The number of carbonyl (C=O) groups excluding carboxylic acids is 2. The van der Waals surface area contributed by atoms with Crippen molar-refractivity contribution in [1.29, 1.82) is 0 Å². The summed E-state index contributed by atoms with van der Waals surface area (Å²) in [6, 6.07) is 4.07. The molecule has 0 radical (unpaired) electrons. The molecule has 4 aromatic rings. The fourth-order valence-corrected chi connectivity index (χ4v) is 2.76. The molecule has 11 heteroatoms. The quantitative estimate of drug-likeness (QED) is 0.500. The largest absolute Gasteiger partial charge is 0.447 e. The molecule has 4 rings (SSSR count). The Hall–Kier alpha value is -4.28. The van der Waals surface area contributed by atoms with Gasteiger partial charge in [-0.15, -0.1) is 0 Å². The Bertz CT molecular complexity index is 1250. The number of halogens is 1. The van der Waals surface area contributed by atoms with Crippen molar-refractivity contribution < 1.29 is 23.1 Å². The number of aromatic nitrogens is 4. The average molecular weight is 424 g/mol. The summed E-state index contributed by atoms with van der Waals surface area (Å²) >= 11 is 0. The average Bonchev–Trinajstić information content (AvgIpc) is 3.38. The number of hydrogen-bond donors (Lipinski definition) is 2. The summed E-state index contributed by atoms with van der Waals surface area (Å²) in [6.07, 6.45) is 6.29. The third kappa shape index (κ3) is 4.50. The van der Waals surface area contributed by atoms with Crippen molar-refractivity contribution in [2.24, 2.45) is 0 Å². The van der Waals surface area contributed by atoms with Crippen LogP contribution in [0.25, 0.3) is 17.0 Å². The molecule has 0 unspecified atom stereocenters. The third-order valence-electron chi connectivity index (χ3n) is 4.03. The Balaban J connectivity index is 1.59. The second kappa shape index (κ2) is 8.22. The van der Waals surface area contributed by atoms with Gasteiger partial charge in [0.2, 0.25) is 5.78 Å². The molecule has 0 aliphatic carbocycles. The number of hydrogen-bond acceptors (Lipinski definition) is 7. The lowest BCUT2D eigenvalue weighted by molar-refractivity contribution is 0.0990. The van der Waals surface area contributed by atoms with Gasteiger partial charge in [0, 0.05) is 23.6 Å². The number of carbonyl (C=O) groups is 2. The van der Waals surface area contributed by atoms with Crippen molar-refractivity contribution in [2.45, 2.75) is 20.0 Å². The summed E-state index contributed by atoms with van der Waals surface area (Å²) in [5.74, 6) is -0.912. The van der Waals surface area contributed by atoms with Crippen LogP contribution in [0.3, 0.4) is 0 Å². The summed E-state index contributed by atoms with van der Waals surface area (Å²) in [4.78, 5) is 36.1. The molecule has 0 atom stereocenters. The SMILES string of the molecule is CC(C)OC(=O)Nc1cnc2nc(-c3cc(NC(=O)c4ncco4)ccc3F)cn2c1. The first-order valence-corrected chi connectivity index (χ1v) is 9.22. The van der Waals surface area contributed by atoms with E-state index >= 15 is 0 Å². The second-order valence-electron chi connectivity index (χ2n) is 6.74. The van der Waals surface area contributed by atoms with E-state index in [0.717, 1.165) is 0 Å². The second-order valence-corrected chi connectivity index (χ2v) is 6.74. The van der Waals surface area contributed by atoms with Crippen molar-refractivity contribution >= 4 is 29.2 Å². The maximum Gasteiger partial charge on any atom is 0.411 e. The molecule has 0 bridgehead atoms. The molecule has 10 nitrogen and oxygen atoms in total. The molecule has 0 fully saturated rings. The van der Waals surface area contributed by atoms with Crippen LogP contribution in [0.1, 0.15) is 24.5 Å². The molecule has 0 aliphatic heterocycles. The summed E-state index contributed by atoms with van der Waals surface area (Å²) in [7, 11) is 0. The number of benzene rings is 1. The highest BCUT2D eigenvalue weighted by Gasteiger charge is 2.15. The van der Waals surface area contributed by atoms with Gasteiger partial charge in [-0.05, 0) is 32.0 Å². The normalized spacial score (nSPS) is 11.0. The highest BCUT2D eigenvalue weighted by molar-refractivity contribution is 6.01. The molecule has 31 heavy (non-hydrogen) atoms. The number of oxazole rings is 1. The van der Waals surface area contributed by atoms with Crippen LogP contribution in [0.4, 0.5) is 20.6 Å². The van der Waals surface area contributed by atoms with Crippen LogP contribution in [-0.4, -0.2) is 37.5 Å². The lowest BCUT2D eigenvalue weighted by Gasteiger charge is -2.09. The zero-order valence-electron chi connectivity index (χ0n) is 16.5. The van der Waals surface area contributed by atoms with E-state index in [1.807, 2.05) is 0 Å². The van der Waals surface area contributed by atoms with Crippen LogP contribution in [0.5, 0.6) is 0 Å². The van der Waals surface area contributed by atoms with Gasteiger partial charge in [-0.3, -0.25) is 14.5 Å². The zero-order chi connectivity index (χ0) is 22.0. The molecule has 1 aromatic carbocycles. The Labute approximate surface area is 175 Å². The first-order valence-electron chi connectivity index (χ1n) is 9.22. The van der Waals surface area contributed by atoms with E-state index in [1.54, 1.807) is 26.2 Å². The van der Waals surface area contributed by atoms with Crippen molar-refractivity contribution in [2.75, 3.05) is 10.6 Å².